The van der Waals surface area contributed by atoms with Gasteiger partial charge in [0.15, 0.2) is 0 Å². The van der Waals surface area contributed by atoms with E-state index >= 15 is 0 Å². The molecule has 0 aliphatic rings. The normalized spacial score (nSPS) is 9.87. The van der Waals surface area contributed by atoms with Gasteiger partial charge in [0.2, 0.25) is 0 Å². The van der Waals surface area contributed by atoms with E-state index in [1.54, 1.807) is 0 Å². The fourth-order valence-electron chi connectivity index (χ4n) is 1.47. The molecule has 2 heteroatoms. The number of imidazole rings is 1. The maximum atomic E-state index is 4.47. The van der Waals surface area contributed by atoms with Crippen molar-refractivity contribution in [1.29, 1.82) is 0 Å². The molecular formula is C13H20N2. The predicted molar refractivity (Wildman–Crippen MR) is 65.3 cm³/mol. The first-order valence-electron chi connectivity index (χ1n) is 5.80. The summed E-state index contributed by atoms with van der Waals surface area (Å²) in [5.74, 6) is 0. The average Bonchev–Trinajstić information content (AvgIpc) is 2.73. The lowest BCUT2D eigenvalue weighted by atomic mass is 10.2. The lowest BCUT2D eigenvalue weighted by Gasteiger charge is -1.96. The van der Waals surface area contributed by atoms with Crippen LogP contribution in [0.2, 0.25) is 0 Å². The van der Waals surface area contributed by atoms with Crippen LogP contribution < -0.4 is 0 Å². The largest absolute Gasteiger partial charge is 0.307 e. The maximum absolute atomic E-state index is 4.47. The van der Waals surface area contributed by atoms with Gasteiger partial charge in [-0.3, -0.25) is 0 Å². The lowest BCUT2D eigenvalue weighted by molar-refractivity contribution is 1.06. The lowest BCUT2D eigenvalue weighted by Crippen LogP contribution is -1.86. The van der Waals surface area contributed by atoms with E-state index < -0.39 is 0 Å². The number of hydrogen-bond donors (Lipinski definition) is 0. The molecule has 2 aromatic rings. The fourth-order valence-corrected chi connectivity index (χ4v) is 1.47. The Kier molecular flexibility index (Phi) is 4.35. The first-order valence-corrected chi connectivity index (χ1v) is 5.80. The van der Waals surface area contributed by atoms with E-state index in [1.165, 1.54) is 5.56 Å². The molecule has 0 amide bonds. The van der Waals surface area contributed by atoms with Gasteiger partial charge in [-0.2, -0.15) is 0 Å². The highest BCUT2D eigenvalue weighted by molar-refractivity contribution is 5.41. The third kappa shape index (κ3) is 2.58. The standard InChI is InChI=1S/C11H14N2.C2H6/c1-3-9-5-6-11-12-10(4-2)8-13(11)7-9;1-2/h5-8H,3-4H2,1-2H3;1-2H3. The predicted octanol–water partition coefficient (Wildman–Crippen LogP) is 3.49. The Morgan fingerprint density at radius 3 is 2.40 bits per heavy atom. The van der Waals surface area contributed by atoms with E-state index in [9.17, 15) is 0 Å². The minimum atomic E-state index is 1.00. The Morgan fingerprint density at radius 2 is 1.80 bits per heavy atom. The van der Waals surface area contributed by atoms with E-state index in [0.29, 0.717) is 0 Å². The van der Waals surface area contributed by atoms with Gasteiger partial charge in [-0.25, -0.2) is 4.98 Å². The number of hydrogen-bond acceptors (Lipinski definition) is 1. The van der Waals surface area contributed by atoms with Crippen LogP contribution in [0.3, 0.4) is 0 Å². The minimum absolute atomic E-state index is 1.00. The van der Waals surface area contributed by atoms with Gasteiger partial charge in [0.25, 0.3) is 0 Å². The van der Waals surface area contributed by atoms with Gasteiger partial charge < -0.3 is 4.40 Å². The third-order valence-electron chi connectivity index (χ3n) is 2.33. The Morgan fingerprint density at radius 1 is 1.07 bits per heavy atom. The Balaban J connectivity index is 0.000000531. The second-order valence-electron chi connectivity index (χ2n) is 3.24. The molecular weight excluding hydrogens is 184 g/mol. The van der Waals surface area contributed by atoms with E-state index in [2.05, 4.69) is 47.8 Å². The van der Waals surface area contributed by atoms with E-state index in [4.69, 9.17) is 0 Å². The molecule has 0 radical (unpaired) electrons. The van der Waals surface area contributed by atoms with Crippen LogP contribution in [0.5, 0.6) is 0 Å². The zero-order valence-corrected chi connectivity index (χ0v) is 10.1. The van der Waals surface area contributed by atoms with Crippen molar-refractivity contribution in [3.8, 4) is 0 Å². The molecule has 0 N–H and O–H groups in total. The van der Waals surface area contributed by atoms with Crippen molar-refractivity contribution in [3.05, 3.63) is 35.8 Å². The van der Waals surface area contributed by atoms with Gasteiger partial charge in [-0.15, -0.1) is 0 Å². The van der Waals surface area contributed by atoms with Crippen molar-refractivity contribution < 1.29 is 0 Å². The Hall–Kier alpha value is -1.31. The summed E-state index contributed by atoms with van der Waals surface area (Å²) in [7, 11) is 0. The quantitative estimate of drug-likeness (QED) is 0.732. The molecule has 2 heterocycles. The summed E-state index contributed by atoms with van der Waals surface area (Å²) in [5.41, 5.74) is 3.56. The second-order valence-corrected chi connectivity index (χ2v) is 3.24. The fraction of sp³-hybridized carbons (Fsp3) is 0.462. The first kappa shape index (κ1) is 11.8. The molecule has 0 bridgehead atoms. The van der Waals surface area contributed by atoms with Crippen LogP contribution in [0.15, 0.2) is 24.5 Å². The number of pyridine rings is 1. The van der Waals surface area contributed by atoms with Crippen molar-refractivity contribution in [2.24, 2.45) is 0 Å². The van der Waals surface area contributed by atoms with E-state index in [-0.39, 0.29) is 0 Å². The zero-order valence-electron chi connectivity index (χ0n) is 10.1. The molecule has 82 valence electrons. The molecule has 0 atom stereocenters. The highest BCUT2D eigenvalue weighted by Crippen LogP contribution is 2.08. The van der Waals surface area contributed by atoms with Crippen molar-refractivity contribution >= 4 is 5.65 Å². The molecule has 0 aliphatic carbocycles. The molecule has 0 unspecified atom stereocenters. The summed E-state index contributed by atoms with van der Waals surface area (Å²) in [6, 6.07) is 4.22. The molecule has 2 nitrogen and oxygen atoms in total. The minimum Gasteiger partial charge on any atom is -0.307 e. The highest BCUT2D eigenvalue weighted by Gasteiger charge is 1.99. The topological polar surface area (TPSA) is 17.3 Å². The SMILES string of the molecule is CC.CCc1ccc2nc(CC)cn2c1. The Bertz CT molecular complexity index is 413. The smallest absolute Gasteiger partial charge is 0.136 e. The van der Waals surface area contributed by atoms with Gasteiger partial charge in [-0.05, 0) is 24.5 Å². The maximum Gasteiger partial charge on any atom is 0.136 e. The molecule has 0 aliphatic heterocycles. The molecule has 0 spiro atoms. The molecule has 15 heavy (non-hydrogen) atoms. The van der Waals surface area contributed by atoms with Gasteiger partial charge in [-0.1, -0.05) is 33.8 Å². The summed E-state index contributed by atoms with van der Waals surface area (Å²) in [6.07, 6.45) is 6.34. The number of aryl methyl sites for hydroxylation is 2. The third-order valence-corrected chi connectivity index (χ3v) is 2.33. The van der Waals surface area contributed by atoms with Crippen LogP contribution in [0, 0.1) is 0 Å². The molecule has 2 aromatic heterocycles. The monoisotopic (exact) mass is 204 g/mol. The molecule has 0 aromatic carbocycles. The molecule has 0 fully saturated rings. The van der Waals surface area contributed by atoms with Crippen molar-refractivity contribution in [2.75, 3.05) is 0 Å². The second kappa shape index (κ2) is 5.54. The van der Waals surface area contributed by atoms with Crippen LogP contribution in [-0.2, 0) is 12.8 Å². The van der Waals surface area contributed by atoms with Gasteiger partial charge in [0.1, 0.15) is 5.65 Å². The van der Waals surface area contributed by atoms with Gasteiger partial charge >= 0.3 is 0 Å². The zero-order chi connectivity index (χ0) is 11.3. The number of fused-ring (bicyclic) bond motifs is 1. The average molecular weight is 204 g/mol. The first-order chi connectivity index (χ1) is 7.33. The summed E-state index contributed by atoms with van der Waals surface area (Å²) in [5, 5.41) is 0. The van der Waals surface area contributed by atoms with E-state index in [1.807, 2.05) is 13.8 Å². The van der Waals surface area contributed by atoms with Crippen LogP contribution >= 0.6 is 0 Å². The van der Waals surface area contributed by atoms with Crippen LogP contribution in [0.1, 0.15) is 39.0 Å². The van der Waals surface area contributed by atoms with E-state index in [0.717, 1.165) is 24.2 Å². The summed E-state index contributed by atoms with van der Waals surface area (Å²) in [6.45, 7) is 8.29. The number of aromatic nitrogens is 2. The van der Waals surface area contributed by atoms with Crippen LogP contribution in [0.4, 0.5) is 0 Å². The molecule has 0 saturated carbocycles. The van der Waals surface area contributed by atoms with Crippen molar-refractivity contribution in [2.45, 2.75) is 40.5 Å². The highest BCUT2D eigenvalue weighted by atomic mass is 15.0. The van der Waals surface area contributed by atoms with Gasteiger partial charge in [0.05, 0.1) is 5.69 Å². The van der Waals surface area contributed by atoms with Crippen molar-refractivity contribution in [1.82, 2.24) is 9.38 Å². The van der Waals surface area contributed by atoms with Crippen LogP contribution in [-0.4, -0.2) is 9.38 Å². The van der Waals surface area contributed by atoms with Crippen LogP contribution in [0.25, 0.3) is 5.65 Å². The summed E-state index contributed by atoms with van der Waals surface area (Å²) < 4.78 is 2.11. The number of rotatable bonds is 2. The molecule has 0 saturated heterocycles. The summed E-state index contributed by atoms with van der Waals surface area (Å²) >= 11 is 0. The summed E-state index contributed by atoms with van der Waals surface area (Å²) in [4.78, 5) is 4.47. The van der Waals surface area contributed by atoms with Crippen molar-refractivity contribution in [3.63, 3.8) is 0 Å². The van der Waals surface area contributed by atoms with Gasteiger partial charge in [0, 0.05) is 12.4 Å². The molecule has 2 rings (SSSR count). The Labute approximate surface area is 92.0 Å². The number of nitrogens with zero attached hydrogens (tertiary/aromatic N) is 2.